The van der Waals surface area contributed by atoms with Gasteiger partial charge in [-0.1, -0.05) is 49.7 Å². The highest BCUT2D eigenvalue weighted by molar-refractivity contribution is 6.00. The van der Waals surface area contributed by atoms with Gasteiger partial charge in [-0.05, 0) is 36.1 Å². The van der Waals surface area contributed by atoms with E-state index in [0.717, 1.165) is 12.0 Å². The largest absolute Gasteiger partial charge is 0.493 e. The summed E-state index contributed by atoms with van der Waals surface area (Å²) >= 11 is 0. The summed E-state index contributed by atoms with van der Waals surface area (Å²) in [6.07, 6.45) is 1.85. The molecule has 0 spiro atoms. The van der Waals surface area contributed by atoms with Crippen LogP contribution in [0, 0.1) is 5.41 Å². The van der Waals surface area contributed by atoms with Gasteiger partial charge in [0.1, 0.15) is 0 Å². The van der Waals surface area contributed by atoms with E-state index in [2.05, 4.69) is 0 Å². The number of benzene rings is 2. The van der Waals surface area contributed by atoms with Crippen LogP contribution in [0.3, 0.4) is 0 Å². The molecule has 0 heterocycles. The summed E-state index contributed by atoms with van der Waals surface area (Å²) in [5.74, 6) is -0.0489. The van der Waals surface area contributed by atoms with E-state index in [1.54, 1.807) is 19.2 Å². The topological polar surface area (TPSA) is 71.1 Å². The van der Waals surface area contributed by atoms with Crippen LogP contribution in [0.5, 0.6) is 11.5 Å². The Balaban J connectivity index is 2.26. The summed E-state index contributed by atoms with van der Waals surface area (Å²) in [6, 6.07) is 15.4. The second kappa shape index (κ2) is 11.2. The quantitative estimate of drug-likeness (QED) is 0.409. The van der Waals surface area contributed by atoms with Crippen LogP contribution in [-0.4, -0.2) is 39.9 Å². The fourth-order valence-corrected chi connectivity index (χ4v) is 3.55. The van der Waals surface area contributed by atoms with Crippen LogP contribution >= 0.6 is 0 Å². The lowest BCUT2D eigenvalue weighted by molar-refractivity contribution is -0.169. The third-order valence-corrected chi connectivity index (χ3v) is 5.05. The van der Waals surface area contributed by atoms with E-state index in [-0.39, 0.29) is 6.42 Å². The van der Waals surface area contributed by atoms with E-state index in [4.69, 9.17) is 18.9 Å². The normalized spacial score (nSPS) is 10.9. The zero-order valence-corrected chi connectivity index (χ0v) is 18.1. The molecule has 0 N–H and O–H groups in total. The molecule has 2 aromatic carbocycles. The van der Waals surface area contributed by atoms with Crippen molar-refractivity contribution in [2.45, 2.75) is 32.6 Å². The molecule has 0 saturated heterocycles. The molecule has 2 rings (SSSR count). The first kappa shape index (κ1) is 23.3. The van der Waals surface area contributed by atoms with Crippen molar-refractivity contribution in [2.75, 3.05) is 27.9 Å². The van der Waals surface area contributed by atoms with Crippen LogP contribution in [-0.2, 0) is 31.9 Å². The van der Waals surface area contributed by atoms with Crippen molar-refractivity contribution in [1.29, 1.82) is 0 Å². The molecule has 0 aliphatic heterocycles. The molecule has 30 heavy (non-hydrogen) atoms. The van der Waals surface area contributed by atoms with Crippen molar-refractivity contribution in [3.63, 3.8) is 0 Å². The summed E-state index contributed by atoms with van der Waals surface area (Å²) in [5.41, 5.74) is 0.537. The van der Waals surface area contributed by atoms with Gasteiger partial charge in [0.15, 0.2) is 16.9 Å². The Morgan fingerprint density at radius 1 is 0.867 bits per heavy atom. The van der Waals surface area contributed by atoms with Gasteiger partial charge in [0.2, 0.25) is 0 Å². The van der Waals surface area contributed by atoms with Gasteiger partial charge in [-0.15, -0.1) is 0 Å². The number of methoxy groups -OCH3 is 3. The Labute approximate surface area is 178 Å². The van der Waals surface area contributed by atoms with E-state index in [0.29, 0.717) is 30.9 Å². The average molecular weight is 414 g/mol. The van der Waals surface area contributed by atoms with Crippen LogP contribution in [0.4, 0.5) is 0 Å². The smallest absolute Gasteiger partial charge is 0.323 e. The number of carbonyl (C=O) groups is 2. The van der Waals surface area contributed by atoms with Gasteiger partial charge in [-0.2, -0.15) is 0 Å². The SMILES string of the molecule is CCCC(Cc1ccc(OC)c(OCCc2ccccc2)c1)(C(=O)OC)C(=O)OC. The Morgan fingerprint density at radius 3 is 2.10 bits per heavy atom. The van der Waals surface area contributed by atoms with Crippen molar-refractivity contribution in [3.8, 4) is 11.5 Å². The van der Waals surface area contributed by atoms with Gasteiger partial charge in [0.25, 0.3) is 0 Å². The lowest BCUT2D eigenvalue weighted by Gasteiger charge is -2.28. The first-order valence-corrected chi connectivity index (χ1v) is 10.0. The second-order valence-corrected chi connectivity index (χ2v) is 7.06. The predicted octanol–water partition coefficient (Wildman–Crippen LogP) is 3.99. The molecule has 0 radical (unpaired) electrons. The minimum Gasteiger partial charge on any atom is -0.493 e. The van der Waals surface area contributed by atoms with Crippen LogP contribution in [0.25, 0.3) is 0 Å². The fourth-order valence-electron chi connectivity index (χ4n) is 3.55. The van der Waals surface area contributed by atoms with E-state index in [1.165, 1.54) is 19.8 Å². The maximum absolute atomic E-state index is 12.6. The van der Waals surface area contributed by atoms with Gasteiger partial charge in [-0.3, -0.25) is 9.59 Å². The molecule has 162 valence electrons. The van der Waals surface area contributed by atoms with Crippen molar-refractivity contribution in [1.82, 2.24) is 0 Å². The van der Waals surface area contributed by atoms with Gasteiger partial charge in [-0.25, -0.2) is 0 Å². The van der Waals surface area contributed by atoms with Crippen LogP contribution in [0.2, 0.25) is 0 Å². The van der Waals surface area contributed by atoms with E-state index < -0.39 is 17.4 Å². The maximum Gasteiger partial charge on any atom is 0.323 e. The molecule has 0 fully saturated rings. The average Bonchev–Trinajstić information content (AvgIpc) is 2.78. The molecule has 0 amide bonds. The van der Waals surface area contributed by atoms with Crippen LogP contribution in [0.1, 0.15) is 30.9 Å². The first-order chi connectivity index (χ1) is 14.5. The number of esters is 2. The molecule has 2 aromatic rings. The number of carbonyl (C=O) groups excluding carboxylic acids is 2. The summed E-state index contributed by atoms with van der Waals surface area (Å²) in [5, 5.41) is 0. The second-order valence-electron chi connectivity index (χ2n) is 7.06. The lowest BCUT2D eigenvalue weighted by Crippen LogP contribution is -2.43. The molecule has 0 atom stereocenters. The first-order valence-electron chi connectivity index (χ1n) is 10.0. The van der Waals surface area contributed by atoms with Gasteiger partial charge in [0.05, 0.1) is 27.9 Å². The molecule has 0 aliphatic carbocycles. The van der Waals surface area contributed by atoms with Gasteiger partial charge in [0, 0.05) is 6.42 Å². The number of ether oxygens (including phenoxy) is 4. The van der Waals surface area contributed by atoms with E-state index >= 15 is 0 Å². The van der Waals surface area contributed by atoms with Crippen LogP contribution in [0.15, 0.2) is 48.5 Å². The number of rotatable bonds is 11. The molecule has 6 heteroatoms. The molecule has 0 bridgehead atoms. The van der Waals surface area contributed by atoms with E-state index in [1.807, 2.05) is 43.3 Å². The molecule has 0 aliphatic rings. The molecule has 0 aromatic heterocycles. The summed E-state index contributed by atoms with van der Waals surface area (Å²) in [7, 11) is 4.13. The molecule has 0 unspecified atom stereocenters. The van der Waals surface area contributed by atoms with E-state index in [9.17, 15) is 9.59 Å². The third-order valence-electron chi connectivity index (χ3n) is 5.05. The number of hydrogen-bond donors (Lipinski definition) is 0. The Bertz CT molecular complexity index is 815. The Morgan fingerprint density at radius 2 is 1.53 bits per heavy atom. The highest BCUT2D eigenvalue weighted by Crippen LogP contribution is 2.35. The highest BCUT2D eigenvalue weighted by Gasteiger charge is 2.47. The van der Waals surface area contributed by atoms with Crippen molar-refractivity contribution >= 4 is 11.9 Å². The maximum atomic E-state index is 12.6. The predicted molar refractivity (Wildman–Crippen MR) is 114 cm³/mol. The molecule has 0 saturated carbocycles. The lowest BCUT2D eigenvalue weighted by atomic mass is 9.77. The van der Waals surface area contributed by atoms with Gasteiger partial charge >= 0.3 is 11.9 Å². The molecular weight excluding hydrogens is 384 g/mol. The monoisotopic (exact) mass is 414 g/mol. The third kappa shape index (κ3) is 5.53. The van der Waals surface area contributed by atoms with Crippen molar-refractivity contribution < 1.29 is 28.5 Å². The van der Waals surface area contributed by atoms with Crippen molar-refractivity contribution in [3.05, 3.63) is 59.7 Å². The van der Waals surface area contributed by atoms with Crippen molar-refractivity contribution in [2.24, 2.45) is 5.41 Å². The minimum absolute atomic E-state index is 0.152. The Kier molecular flexibility index (Phi) is 8.71. The minimum atomic E-state index is -1.39. The molecule has 6 nitrogen and oxygen atoms in total. The Hall–Kier alpha value is -3.02. The summed E-state index contributed by atoms with van der Waals surface area (Å²) in [6.45, 7) is 2.38. The number of hydrogen-bond acceptors (Lipinski definition) is 6. The standard InChI is InChI=1S/C24H30O6/c1-5-14-24(22(25)28-3,23(26)29-4)17-19-11-12-20(27-2)21(16-19)30-15-13-18-9-7-6-8-10-18/h6-12,16H,5,13-15,17H2,1-4H3. The summed E-state index contributed by atoms with van der Waals surface area (Å²) < 4.78 is 21.3. The zero-order chi connectivity index (χ0) is 22.0. The van der Waals surface area contributed by atoms with Gasteiger partial charge < -0.3 is 18.9 Å². The highest BCUT2D eigenvalue weighted by atomic mass is 16.5. The van der Waals surface area contributed by atoms with Crippen LogP contribution < -0.4 is 9.47 Å². The summed E-state index contributed by atoms with van der Waals surface area (Å²) in [4.78, 5) is 25.2. The zero-order valence-electron chi connectivity index (χ0n) is 18.1. The fraction of sp³-hybridized carbons (Fsp3) is 0.417. The molecular formula is C24H30O6.